The van der Waals surface area contributed by atoms with E-state index >= 15 is 0 Å². The molecule has 1 aromatic heterocycles. The van der Waals surface area contributed by atoms with Crippen LogP contribution in [0.2, 0.25) is 0 Å². The van der Waals surface area contributed by atoms with Crippen LogP contribution in [0.4, 0.5) is 0 Å². The van der Waals surface area contributed by atoms with Crippen LogP contribution >= 0.6 is 0 Å². The smallest absolute Gasteiger partial charge is 0.0538 e. The molecule has 4 heteroatoms. The number of likely N-dealkylation sites (tertiary alicyclic amines) is 1. The highest BCUT2D eigenvalue weighted by Gasteiger charge is 2.41. The van der Waals surface area contributed by atoms with E-state index in [0.29, 0.717) is 18.6 Å². The second-order valence-electron chi connectivity index (χ2n) is 6.13. The lowest BCUT2D eigenvalue weighted by atomic mass is 10.0. The number of aromatic nitrogens is 2. The van der Waals surface area contributed by atoms with Gasteiger partial charge in [-0.2, -0.15) is 5.10 Å². The van der Waals surface area contributed by atoms with Crippen LogP contribution in [-0.2, 0) is 0 Å². The van der Waals surface area contributed by atoms with Crippen molar-refractivity contribution in [2.75, 3.05) is 13.1 Å². The second-order valence-corrected chi connectivity index (χ2v) is 6.13. The van der Waals surface area contributed by atoms with Crippen molar-refractivity contribution in [1.29, 1.82) is 0 Å². The first-order valence-corrected chi connectivity index (χ1v) is 7.19. The number of nitrogens with two attached hydrogens (primary N) is 1. The first-order chi connectivity index (χ1) is 8.69. The number of nitrogens with zero attached hydrogens (tertiary/aromatic N) is 3. The van der Waals surface area contributed by atoms with E-state index in [1.54, 1.807) is 0 Å². The van der Waals surface area contributed by atoms with Gasteiger partial charge in [-0.15, -0.1) is 0 Å². The normalized spacial score (nSPS) is 29.3. The fraction of sp³-hybridized carbons (Fsp3) is 0.786. The molecule has 2 fully saturated rings. The van der Waals surface area contributed by atoms with E-state index in [9.17, 15) is 0 Å². The summed E-state index contributed by atoms with van der Waals surface area (Å²) in [6, 6.07) is 1.56. The molecular weight excluding hydrogens is 224 g/mol. The first-order valence-electron chi connectivity index (χ1n) is 7.19. The molecule has 3 atom stereocenters. The van der Waals surface area contributed by atoms with Crippen LogP contribution in [0.1, 0.15) is 50.8 Å². The maximum absolute atomic E-state index is 6.02. The Labute approximate surface area is 109 Å². The van der Waals surface area contributed by atoms with Gasteiger partial charge in [0.2, 0.25) is 0 Å². The molecule has 2 N–H and O–H groups in total. The Morgan fingerprint density at radius 1 is 1.44 bits per heavy atom. The third-order valence-corrected chi connectivity index (χ3v) is 4.61. The third kappa shape index (κ3) is 1.97. The van der Waals surface area contributed by atoms with Gasteiger partial charge in [-0.3, -0.25) is 9.58 Å². The summed E-state index contributed by atoms with van der Waals surface area (Å²) in [5, 5.41) is 4.45. The SMILES string of the molecule is CC(C)n1cc(C(CN)N2CC3CCC2C3)cn1. The van der Waals surface area contributed by atoms with Crippen molar-refractivity contribution < 1.29 is 0 Å². The quantitative estimate of drug-likeness (QED) is 0.886. The highest BCUT2D eigenvalue weighted by atomic mass is 15.3. The van der Waals surface area contributed by atoms with Gasteiger partial charge in [0.05, 0.1) is 12.2 Å². The van der Waals surface area contributed by atoms with Gasteiger partial charge in [-0.05, 0) is 39.0 Å². The van der Waals surface area contributed by atoms with Crippen LogP contribution < -0.4 is 5.73 Å². The molecule has 100 valence electrons. The van der Waals surface area contributed by atoms with Gasteiger partial charge in [0.25, 0.3) is 0 Å². The zero-order chi connectivity index (χ0) is 12.7. The number of fused-ring (bicyclic) bond motifs is 2. The molecule has 2 bridgehead atoms. The molecule has 0 spiro atoms. The predicted octanol–water partition coefficient (Wildman–Crippen LogP) is 1.95. The van der Waals surface area contributed by atoms with Gasteiger partial charge in [-0.25, -0.2) is 0 Å². The Hall–Kier alpha value is -0.870. The van der Waals surface area contributed by atoms with Crippen molar-refractivity contribution in [2.24, 2.45) is 11.7 Å². The Morgan fingerprint density at radius 2 is 2.28 bits per heavy atom. The zero-order valence-electron chi connectivity index (χ0n) is 11.4. The lowest BCUT2D eigenvalue weighted by Crippen LogP contribution is -2.39. The largest absolute Gasteiger partial charge is 0.329 e. The molecule has 3 rings (SSSR count). The highest BCUT2D eigenvalue weighted by Crippen LogP contribution is 2.41. The summed E-state index contributed by atoms with van der Waals surface area (Å²) in [5.74, 6) is 0.921. The molecule has 2 aliphatic rings. The van der Waals surface area contributed by atoms with E-state index in [-0.39, 0.29) is 0 Å². The van der Waals surface area contributed by atoms with E-state index in [1.165, 1.54) is 31.4 Å². The maximum atomic E-state index is 6.02. The van der Waals surface area contributed by atoms with E-state index < -0.39 is 0 Å². The van der Waals surface area contributed by atoms with E-state index in [0.717, 1.165) is 12.0 Å². The molecule has 1 aliphatic carbocycles. The van der Waals surface area contributed by atoms with Gasteiger partial charge in [-0.1, -0.05) is 0 Å². The number of rotatable bonds is 4. The number of hydrogen-bond donors (Lipinski definition) is 1. The summed E-state index contributed by atoms with van der Waals surface area (Å²) in [5.41, 5.74) is 7.31. The van der Waals surface area contributed by atoms with Crippen LogP contribution in [0.3, 0.4) is 0 Å². The standard InChI is InChI=1S/C14H24N4/c1-10(2)18-9-12(7-16-18)14(6-15)17-8-11-3-4-13(17)5-11/h7,9-11,13-14H,3-6,8,15H2,1-2H3. The minimum absolute atomic E-state index is 0.368. The van der Waals surface area contributed by atoms with E-state index in [4.69, 9.17) is 5.73 Å². The summed E-state index contributed by atoms with van der Waals surface area (Å²) in [6.45, 7) is 6.25. The molecule has 3 unspecified atom stereocenters. The van der Waals surface area contributed by atoms with Crippen molar-refractivity contribution in [3.63, 3.8) is 0 Å². The molecule has 0 radical (unpaired) electrons. The van der Waals surface area contributed by atoms with E-state index in [2.05, 4.69) is 30.0 Å². The second kappa shape index (κ2) is 4.67. The minimum atomic E-state index is 0.368. The van der Waals surface area contributed by atoms with Crippen LogP contribution in [0.15, 0.2) is 12.4 Å². The Balaban J connectivity index is 1.79. The van der Waals surface area contributed by atoms with Crippen LogP contribution in [0, 0.1) is 5.92 Å². The maximum Gasteiger partial charge on any atom is 0.0538 e. The Morgan fingerprint density at radius 3 is 2.78 bits per heavy atom. The van der Waals surface area contributed by atoms with Gasteiger partial charge in [0, 0.05) is 36.9 Å². The molecule has 1 saturated heterocycles. The molecule has 18 heavy (non-hydrogen) atoms. The fourth-order valence-electron chi connectivity index (χ4n) is 3.61. The van der Waals surface area contributed by atoms with Crippen molar-refractivity contribution in [3.05, 3.63) is 18.0 Å². The van der Waals surface area contributed by atoms with Crippen molar-refractivity contribution >= 4 is 0 Å². The third-order valence-electron chi connectivity index (χ3n) is 4.61. The molecular formula is C14H24N4. The number of hydrogen-bond acceptors (Lipinski definition) is 3. The lowest BCUT2D eigenvalue weighted by molar-refractivity contribution is 0.153. The molecule has 1 aromatic rings. The average Bonchev–Trinajstić information content (AvgIpc) is 3.05. The van der Waals surface area contributed by atoms with Crippen LogP contribution in [0.25, 0.3) is 0 Å². The lowest BCUT2D eigenvalue weighted by Gasteiger charge is -2.33. The monoisotopic (exact) mass is 248 g/mol. The summed E-state index contributed by atoms with van der Waals surface area (Å²) in [4.78, 5) is 2.62. The van der Waals surface area contributed by atoms with Gasteiger partial charge in [0.1, 0.15) is 0 Å². The summed E-state index contributed by atoms with van der Waals surface area (Å²) in [6.07, 6.45) is 8.34. The van der Waals surface area contributed by atoms with Crippen molar-refractivity contribution in [1.82, 2.24) is 14.7 Å². The molecule has 4 nitrogen and oxygen atoms in total. The van der Waals surface area contributed by atoms with Gasteiger partial charge < -0.3 is 5.73 Å². The van der Waals surface area contributed by atoms with Crippen molar-refractivity contribution in [3.8, 4) is 0 Å². The minimum Gasteiger partial charge on any atom is -0.329 e. The zero-order valence-corrected chi connectivity index (χ0v) is 11.4. The molecule has 0 amide bonds. The summed E-state index contributed by atoms with van der Waals surface area (Å²) in [7, 11) is 0. The molecule has 0 aromatic carbocycles. The Bertz CT molecular complexity index is 412. The molecule has 1 saturated carbocycles. The van der Waals surface area contributed by atoms with E-state index in [1.807, 2.05) is 10.9 Å². The topological polar surface area (TPSA) is 47.1 Å². The fourth-order valence-corrected chi connectivity index (χ4v) is 3.61. The highest BCUT2D eigenvalue weighted by molar-refractivity contribution is 5.14. The molecule has 2 heterocycles. The summed E-state index contributed by atoms with van der Waals surface area (Å²) < 4.78 is 2.03. The van der Waals surface area contributed by atoms with Crippen molar-refractivity contribution in [2.45, 2.75) is 51.2 Å². The van der Waals surface area contributed by atoms with Crippen LogP contribution in [-0.4, -0.2) is 33.8 Å². The van der Waals surface area contributed by atoms with Gasteiger partial charge in [0.15, 0.2) is 0 Å². The average molecular weight is 248 g/mol. The predicted molar refractivity (Wildman–Crippen MR) is 72.2 cm³/mol. The molecule has 1 aliphatic heterocycles. The Kier molecular flexibility index (Phi) is 3.16. The van der Waals surface area contributed by atoms with Gasteiger partial charge >= 0.3 is 0 Å². The number of piperidine rings is 1. The van der Waals surface area contributed by atoms with Crippen LogP contribution in [0.5, 0.6) is 0 Å². The first kappa shape index (κ1) is 12.2. The summed E-state index contributed by atoms with van der Waals surface area (Å²) >= 11 is 0.